The Bertz CT molecular complexity index is 1230. The number of nitrogens with one attached hydrogen (secondary N) is 1. The van der Waals surface area contributed by atoms with E-state index in [2.05, 4.69) is 10.3 Å². The van der Waals surface area contributed by atoms with E-state index in [-0.39, 0.29) is 43.9 Å². The Hall–Kier alpha value is -3.60. The number of fused-ring (bicyclic) bond motifs is 1. The fourth-order valence-electron chi connectivity index (χ4n) is 3.77. The van der Waals surface area contributed by atoms with E-state index in [0.717, 1.165) is 4.57 Å². The normalized spacial score (nSPS) is 14.7. The van der Waals surface area contributed by atoms with Crippen molar-refractivity contribution in [3.05, 3.63) is 52.4 Å². The molecular formula is C22H22F6N6O2. The van der Waals surface area contributed by atoms with Crippen molar-refractivity contribution < 1.29 is 35.9 Å². The Morgan fingerprint density at radius 2 is 1.81 bits per heavy atom. The monoisotopic (exact) mass is 516 g/mol. The van der Waals surface area contributed by atoms with Crippen LogP contribution in [0, 0.1) is 28.8 Å². The largest absolute Gasteiger partial charge is 0.435 e. The number of benzene rings is 1. The second kappa shape index (κ2) is 9.81. The van der Waals surface area contributed by atoms with Crippen molar-refractivity contribution in [2.24, 2.45) is 5.73 Å². The fraction of sp³-hybridized carbons (Fsp3) is 0.455. The first-order valence-electron chi connectivity index (χ1n) is 10.7. The number of carbonyl (C=O) groups excluding carboxylic acids is 2. The summed E-state index contributed by atoms with van der Waals surface area (Å²) in [6.07, 6.45) is -5.61. The molecule has 0 unspecified atom stereocenters. The lowest BCUT2D eigenvalue weighted by molar-refractivity contribution is -0.141. The number of alkyl halides is 3. The number of nitrogens with zero attached hydrogens (tertiary/aromatic N) is 4. The topological polar surface area (TPSA) is 117 Å². The third kappa shape index (κ3) is 5.78. The summed E-state index contributed by atoms with van der Waals surface area (Å²) >= 11 is 0. The zero-order chi connectivity index (χ0) is 27.0. The number of rotatable bonds is 6. The number of imidazole rings is 1. The van der Waals surface area contributed by atoms with E-state index in [1.54, 1.807) is 6.07 Å². The van der Waals surface area contributed by atoms with E-state index in [0.29, 0.717) is 12.1 Å². The molecule has 1 aromatic carbocycles. The first kappa shape index (κ1) is 27.0. The van der Waals surface area contributed by atoms with E-state index >= 15 is 0 Å². The molecule has 14 heteroatoms. The maximum atomic E-state index is 13.9. The number of nitrogens with two attached hydrogens (primary N) is 1. The molecule has 0 radical (unpaired) electrons. The van der Waals surface area contributed by atoms with Crippen LogP contribution in [0.5, 0.6) is 0 Å². The molecule has 0 aliphatic carbocycles. The summed E-state index contributed by atoms with van der Waals surface area (Å²) in [5.41, 5.74) is 2.01. The number of amides is 2. The molecule has 0 spiro atoms. The summed E-state index contributed by atoms with van der Waals surface area (Å²) in [6.45, 7) is 2.02. The van der Waals surface area contributed by atoms with Crippen LogP contribution >= 0.6 is 0 Å². The van der Waals surface area contributed by atoms with Crippen LogP contribution in [0.25, 0.3) is 0 Å². The zero-order valence-corrected chi connectivity index (χ0v) is 19.2. The van der Waals surface area contributed by atoms with Gasteiger partial charge >= 0.3 is 6.18 Å². The maximum absolute atomic E-state index is 13.9. The summed E-state index contributed by atoms with van der Waals surface area (Å²) in [5, 5.41) is 11.3. The van der Waals surface area contributed by atoms with Crippen LogP contribution < -0.4 is 11.1 Å². The molecule has 8 nitrogen and oxygen atoms in total. The number of hydrogen-bond donors (Lipinski definition) is 2. The molecule has 1 aliphatic rings. The van der Waals surface area contributed by atoms with Gasteiger partial charge in [0.1, 0.15) is 22.9 Å². The van der Waals surface area contributed by atoms with Crippen LogP contribution in [0.2, 0.25) is 0 Å². The molecule has 0 saturated heterocycles. The molecule has 36 heavy (non-hydrogen) atoms. The van der Waals surface area contributed by atoms with Crippen molar-refractivity contribution >= 4 is 11.8 Å². The van der Waals surface area contributed by atoms with Gasteiger partial charge in [0.2, 0.25) is 5.91 Å². The first-order valence-corrected chi connectivity index (χ1v) is 10.7. The van der Waals surface area contributed by atoms with E-state index in [1.165, 1.54) is 18.7 Å². The minimum Gasteiger partial charge on any atom is -0.333 e. The van der Waals surface area contributed by atoms with Gasteiger partial charge in [-0.2, -0.15) is 18.4 Å². The van der Waals surface area contributed by atoms with Crippen molar-refractivity contribution in [2.75, 3.05) is 6.54 Å². The van der Waals surface area contributed by atoms with Crippen molar-refractivity contribution in [2.45, 2.75) is 57.5 Å². The van der Waals surface area contributed by atoms with Gasteiger partial charge in [-0.1, -0.05) is 0 Å². The molecule has 1 aromatic heterocycles. The zero-order valence-electron chi connectivity index (χ0n) is 19.2. The number of carbonyl (C=O) groups is 2. The van der Waals surface area contributed by atoms with Gasteiger partial charge in [-0.05, 0) is 31.9 Å². The smallest absolute Gasteiger partial charge is 0.333 e. The summed E-state index contributed by atoms with van der Waals surface area (Å²) in [6, 6.07) is 1.79. The summed E-state index contributed by atoms with van der Waals surface area (Å²) < 4.78 is 82.3. The predicted octanol–water partition coefficient (Wildman–Crippen LogP) is 2.65. The molecule has 1 atom stereocenters. The highest BCUT2D eigenvalue weighted by atomic mass is 19.4. The third-order valence-electron chi connectivity index (χ3n) is 5.52. The molecule has 2 aromatic rings. The lowest BCUT2D eigenvalue weighted by Gasteiger charge is -2.29. The quantitative estimate of drug-likeness (QED) is 0.452. The molecule has 2 heterocycles. The number of aromatic nitrogens is 2. The lowest BCUT2D eigenvalue weighted by Crippen LogP contribution is -2.45. The van der Waals surface area contributed by atoms with Crippen molar-refractivity contribution in [1.29, 1.82) is 5.26 Å². The molecular weight excluding hydrogens is 494 g/mol. The molecule has 0 saturated carbocycles. The Morgan fingerprint density at radius 3 is 2.42 bits per heavy atom. The Morgan fingerprint density at radius 1 is 1.17 bits per heavy atom. The standard InChI is InChI=1S/C22H22F6N6O2/c1-21(2,10-29)32-20(36)18-19(22(26,27)28)31-16-9-33(3-4-34(16)18)17(35)7-12(30)5-11-6-14(24)15(25)8-13(11)23/h6,8,12H,3-5,7,9,30H2,1-2H3,(H,32,36)/t12-/m0/s1. The average Bonchev–Trinajstić information content (AvgIpc) is 3.16. The van der Waals surface area contributed by atoms with Gasteiger partial charge in [-0.25, -0.2) is 18.2 Å². The molecule has 194 valence electrons. The summed E-state index contributed by atoms with van der Waals surface area (Å²) in [7, 11) is 0. The van der Waals surface area contributed by atoms with Gasteiger partial charge in [0, 0.05) is 31.6 Å². The van der Waals surface area contributed by atoms with Gasteiger partial charge < -0.3 is 20.5 Å². The number of hydrogen-bond acceptors (Lipinski definition) is 5. The average molecular weight is 516 g/mol. The van der Waals surface area contributed by atoms with Crippen molar-refractivity contribution in [1.82, 2.24) is 19.8 Å². The molecule has 2 amide bonds. The van der Waals surface area contributed by atoms with Gasteiger partial charge in [0.05, 0.1) is 12.6 Å². The van der Waals surface area contributed by atoms with E-state index in [9.17, 15) is 35.9 Å². The van der Waals surface area contributed by atoms with Crippen LogP contribution in [0.1, 0.15) is 47.8 Å². The Kier molecular flexibility index (Phi) is 7.35. The van der Waals surface area contributed by atoms with E-state index in [1.807, 2.05) is 0 Å². The highest BCUT2D eigenvalue weighted by molar-refractivity contribution is 5.95. The maximum Gasteiger partial charge on any atom is 0.435 e. The van der Waals surface area contributed by atoms with Crippen molar-refractivity contribution in [3.63, 3.8) is 0 Å². The Balaban J connectivity index is 1.77. The fourth-order valence-corrected chi connectivity index (χ4v) is 3.77. The van der Waals surface area contributed by atoms with Crippen LogP contribution in [-0.4, -0.2) is 44.4 Å². The van der Waals surface area contributed by atoms with Gasteiger partial charge in [-0.15, -0.1) is 0 Å². The van der Waals surface area contributed by atoms with Crippen LogP contribution in [0.3, 0.4) is 0 Å². The third-order valence-corrected chi connectivity index (χ3v) is 5.52. The molecule has 0 bridgehead atoms. The summed E-state index contributed by atoms with van der Waals surface area (Å²) in [4.78, 5) is 30.1. The van der Waals surface area contributed by atoms with Gasteiger partial charge in [0.15, 0.2) is 17.3 Å². The van der Waals surface area contributed by atoms with Crippen LogP contribution in [0.15, 0.2) is 12.1 Å². The minimum atomic E-state index is -4.97. The highest BCUT2D eigenvalue weighted by Gasteiger charge is 2.43. The second-order valence-electron chi connectivity index (χ2n) is 8.91. The lowest BCUT2D eigenvalue weighted by atomic mass is 10.0. The van der Waals surface area contributed by atoms with Crippen LogP contribution in [-0.2, 0) is 30.5 Å². The predicted molar refractivity (Wildman–Crippen MR) is 112 cm³/mol. The van der Waals surface area contributed by atoms with Crippen LogP contribution in [0.4, 0.5) is 26.3 Å². The van der Waals surface area contributed by atoms with Crippen molar-refractivity contribution in [3.8, 4) is 6.07 Å². The highest BCUT2D eigenvalue weighted by Crippen LogP contribution is 2.33. The SMILES string of the molecule is CC(C)(C#N)NC(=O)c1c(C(F)(F)F)nc2n1CCN(C(=O)C[C@@H](N)Cc1cc(F)c(F)cc1F)C2. The minimum absolute atomic E-state index is 0.0757. The van der Waals surface area contributed by atoms with Gasteiger partial charge in [-0.3, -0.25) is 9.59 Å². The molecule has 3 rings (SSSR count). The molecule has 0 fully saturated rings. The van der Waals surface area contributed by atoms with E-state index in [4.69, 9.17) is 11.0 Å². The molecule has 3 N–H and O–H groups in total. The van der Waals surface area contributed by atoms with E-state index < -0.39 is 58.4 Å². The van der Waals surface area contributed by atoms with Gasteiger partial charge in [0.25, 0.3) is 5.91 Å². The number of nitriles is 1. The first-order chi connectivity index (χ1) is 16.6. The summed E-state index contributed by atoms with van der Waals surface area (Å²) in [5.74, 6) is -5.57. The second-order valence-corrected chi connectivity index (χ2v) is 8.91. The number of halogens is 6. The Labute approximate surface area is 201 Å². The molecule has 1 aliphatic heterocycles.